The quantitative estimate of drug-likeness (QED) is 0.480. The molecular weight excluding hydrogens is 463 g/mol. The fourth-order valence-corrected chi connectivity index (χ4v) is 5.01. The van der Waals surface area contributed by atoms with E-state index in [1.54, 1.807) is 12.4 Å². The molecule has 3 aromatic rings. The largest absolute Gasteiger partial charge is 0.387 e. The van der Waals surface area contributed by atoms with Crippen LogP contribution in [-0.4, -0.2) is 102 Å². The summed E-state index contributed by atoms with van der Waals surface area (Å²) in [6.07, 6.45) is 6.38. The van der Waals surface area contributed by atoms with Crippen molar-refractivity contribution in [3.8, 4) is 0 Å². The zero-order chi connectivity index (χ0) is 25.0. The first-order valence-electron chi connectivity index (χ1n) is 12.5. The number of likely N-dealkylation sites (N-methyl/N-ethyl adjacent to an activating group) is 1. The van der Waals surface area contributed by atoms with Crippen molar-refractivity contribution in [2.75, 3.05) is 81.2 Å². The highest BCUT2D eigenvalue weighted by molar-refractivity contribution is 5.87. The van der Waals surface area contributed by atoms with Crippen LogP contribution in [0.25, 0.3) is 11.0 Å². The number of nitrogens with one attached hydrogen (secondary N) is 1. The number of aliphatic hydroxyl groups is 1. The molecule has 1 atom stereocenters. The van der Waals surface area contributed by atoms with Gasteiger partial charge >= 0.3 is 0 Å². The molecule has 0 aromatic carbocycles. The Morgan fingerprint density at radius 1 is 1.14 bits per heavy atom. The molecular formula is C25H33FN8O2. The zero-order valence-electron chi connectivity index (χ0n) is 20.6. The zero-order valence-corrected chi connectivity index (χ0v) is 20.6. The van der Waals surface area contributed by atoms with E-state index in [4.69, 9.17) is 4.74 Å². The van der Waals surface area contributed by atoms with Crippen LogP contribution in [0.15, 0.2) is 36.8 Å². The van der Waals surface area contributed by atoms with Gasteiger partial charge in [0, 0.05) is 58.2 Å². The summed E-state index contributed by atoms with van der Waals surface area (Å²) in [5, 5.41) is 14.5. The monoisotopic (exact) mass is 496 g/mol. The number of halogens is 1. The number of anilines is 3. The molecule has 3 aromatic heterocycles. The lowest BCUT2D eigenvalue weighted by Gasteiger charge is -2.42. The van der Waals surface area contributed by atoms with Crippen molar-refractivity contribution in [1.29, 1.82) is 0 Å². The van der Waals surface area contributed by atoms with Crippen molar-refractivity contribution in [2.24, 2.45) is 0 Å². The number of piperidine rings is 1. The molecule has 192 valence electrons. The van der Waals surface area contributed by atoms with E-state index in [0.29, 0.717) is 58.4 Å². The number of fused-ring (bicyclic) bond motifs is 1. The molecule has 11 heteroatoms. The number of hydrogen-bond acceptors (Lipinski definition) is 10. The Labute approximate surface area is 210 Å². The van der Waals surface area contributed by atoms with E-state index in [1.165, 1.54) is 6.20 Å². The number of nitrogens with zero attached hydrogens (tertiary/aromatic N) is 7. The lowest BCUT2D eigenvalue weighted by molar-refractivity contribution is -0.000722. The van der Waals surface area contributed by atoms with E-state index < -0.39 is 11.4 Å². The van der Waals surface area contributed by atoms with E-state index in [-0.39, 0.29) is 5.82 Å². The van der Waals surface area contributed by atoms with Gasteiger partial charge in [0.1, 0.15) is 5.52 Å². The first-order valence-corrected chi connectivity index (χ1v) is 12.5. The standard InChI is InChI=1S/C25H33FN8O2/c1-32(11-9-29-23-19(26)16-30-24(31-23)33-12-14-36-15-13-33)17-25(35)6-3-10-34(18-25)21-5-8-27-20-4-2-7-28-22(20)21/h2,4-5,7-8,16,35H,3,6,9-15,17-18H2,1H3,(H,29,30,31). The van der Waals surface area contributed by atoms with Gasteiger partial charge in [0.15, 0.2) is 11.6 Å². The summed E-state index contributed by atoms with van der Waals surface area (Å²) in [5.74, 6) is 0.221. The number of morpholine rings is 1. The second kappa shape index (κ2) is 10.9. The summed E-state index contributed by atoms with van der Waals surface area (Å²) >= 11 is 0. The topological polar surface area (TPSA) is 103 Å². The lowest BCUT2D eigenvalue weighted by atomic mass is 9.91. The van der Waals surface area contributed by atoms with Crippen LogP contribution in [0.1, 0.15) is 12.8 Å². The third-order valence-corrected chi connectivity index (χ3v) is 6.75. The van der Waals surface area contributed by atoms with Gasteiger partial charge in [-0.15, -0.1) is 0 Å². The lowest BCUT2D eigenvalue weighted by Crippen LogP contribution is -2.54. The maximum Gasteiger partial charge on any atom is 0.227 e. The molecule has 2 aliphatic heterocycles. The summed E-state index contributed by atoms with van der Waals surface area (Å²) in [7, 11) is 1.97. The first kappa shape index (κ1) is 24.5. The van der Waals surface area contributed by atoms with E-state index in [0.717, 1.165) is 36.1 Å². The van der Waals surface area contributed by atoms with Gasteiger partial charge in [-0.2, -0.15) is 4.98 Å². The highest BCUT2D eigenvalue weighted by Crippen LogP contribution is 2.30. The predicted octanol–water partition coefficient (Wildman–Crippen LogP) is 1.77. The third kappa shape index (κ3) is 5.63. The van der Waals surface area contributed by atoms with Gasteiger partial charge in [-0.25, -0.2) is 9.37 Å². The second-order valence-corrected chi connectivity index (χ2v) is 9.58. The predicted molar refractivity (Wildman–Crippen MR) is 137 cm³/mol. The van der Waals surface area contributed by atoms with Crippen molar-refractivity contribution >= 4 is 28.5 Å². The van der Waals surface area contributed by atoms with E-state index in [2.05, 4.69) is 35.1 Å². The molecule has 0 aliphatic carbocycles. The summed E-state index contributed by atoms with van der Waals surface area (Å²) < 4.78 is 19.7. The van der Waals surface area contributed by atoms with Crippen LogP contribution >= 0.6 is 0 Å². The van der Waals surface area contributed by atoms with Crippen molar-refractivity contribution in [3.63, 3.8) is 0 Å². The fraction of sp³-hybridized carbons (Fsp3) is 0.520. The van der Waals surface area contributed by atoms with Crippen LogP contribution in [0.3, 0.4) is 0 Å². The number of pyridine rings is 2. The maximum atomic E-state index is 14.3. The molecule has 0 bridgehead atoms. The Balaban J connectivity index is 1.17. The first-order chi connectivity index (χ1) is 17.5. The molecule has 5 heterocycles. The minimum Gasteiger partial charge on any atom is -0.387 e. The van der Waals surface area contributed by atoms with Gasteiger partial charge in [-0.1, -0.05) is 0 Å². The van der Waals surface area contributed by atoms with Crippen molar-refractivity contribution < 1.29 is 14.2 Å². The number of ether oxygens (including phenoxy) is 1. The molecule has 0 spiro atoms. The highest BCUT2D eigenvalue weighted by Gasteiger charge is 2.35. The maximum absolute atomic E-state index is 14.3. The van der Waals surface area contributed by atoms with Crippen molar-refractivity contribution in [1.82, 2.24) is 24.8 Å². The van der Waals surface area contributed by atoms with E-state index in [9.17, 15) is 9.50 Å². The molecule has 0 saturated carbocycles. The number of rotatable bonds is 8. The summed E-state index contributed by atoms with van der Waals surface area (Å²) in [6, 6.07) is 5.80. The Morgan fingerprint density at radius 3 is 2.86 bits per heavy atom. The Hall–Kier alpha value is -3.15. The molecule has 1 unspecified atom stereocenters. The summed E-state index contributed by atoms with van der Waals surface area (Å²) in [5.41, 5.74) is 1.84. The molecule has 5 rings (SSSR count). The average Bonchev–Trinajstić information content (AvgIpc) is 2.89. The minimum absolute atomic E-state index is 0.194. The van der Waals surface area contributed by atoms with Gasteiger partial charge in [-0.3, -0.25) is 9.97 Å². The number of hydrogen-bond donors (Lipinski definition) is 2. The van der Waals surface area contributed by atoms with Crippen molar-refractivity contribution in [3.05, 3.63) is 42.6 Å². The Kier molecular flexibility index (Phi) is 7.40. The van der Waals surface area contributed by atoms with Gasteiger partial charge in [0.05, 0.1) is 36.2 Å². The molecule has 2 N–H and O–H groups in total. The second-order valence-electron chi connectivity index (χ2n) is 9.58. The van der Waals surface area contributed by atoms with Crippen LogP contribution in [-0.2, 0) is 4.74 Å². The number of β-amino-alcohol motifs (C(OH)–C–C–N with tert-alkyl or cyclic N) is 1. The average molecular weight is 497 g/mol. The van der Waals surface area contributed by atoms with E-state index >= 15 is 0 Å². The van der Waals surface area contributed by atoms with Crippen LogP contribution in [0, 0.1) is 5.82 Å². The third-order valence-electron chi connectivity index (χ3n) is 6.75. The Morgan fingerprint density at radius 2 is 2.00 bits per heavy atom. The fourth-order valence-electron chi connectivity index (χ4n) is 5.01. The SMILES string of the molecule is CN(CCNc1nc(N2CCOCC2)ncc1F)CC1(O)CCCN(c2ccnc3cccnc23)C1. The van der Waals surface area contributed by atoms with Gasteiger partial charge in [0.25, 0.3) is 0 Å². The van der Waals surface area contributed by atoms with Crippen LogP contribution in [0.2, 0.25) is 0 Å². The molecule has 2 saturated heterocycles. The Bertz CT molecular complexity index is 1170. The molecule has 0 radical (unpaired) electrons. The molecule has 2 aliphatic rings. The molecule has 36 heavy (non-hydrogen) atoms. The smallest absolute Gasteiger partial charge is 0.227 e. The summed E-state index contributed by atoms with van der Waals surface area (Å²) in [6.45, 7) is 5.61. The molecule has 2 fully saturated rings. The minimum atomic E-state index is -0.860. The van der Waals surface area contributed by atoms with Gasteiger partial charge < -0.3 is 29.9 Å². The molecule has 10 nitrogen and oxygen atoms in total. The normalized spacial score (nSPS) is 20.8. The molecule has 0 amide bonds. The summed E-state index contributed by atoms with van der Waals surface area (Å²) in [4.78, 5) is 23.7. The number of aromatic nitrogens is 4. The van der Waals surface area contributed by atoms with Crippen LogP contribution < -0.4 is 15.1 Å². The highest BCUT2D eigenvalue weighted by atomic mass is 19.1. The van der Waals surface area contributed by atoms with E-state index in [1.807, 2.05) is 30.1 Å². The van der Waals surface area contributed by atoms with Gasteiger partial charge in [0.2, 0.25) is 5.95 Å². The van der Waals surface area contributed by atoms with Crippen molar-refractivity contribution in [2.45, 2.75) is 18.4 Å². The van der Waals surface area contributed by atoms with Crippen LogP contribution in [0.5, 0.6) is 0 Å². The van der Waals surface area contributed by atoms with Crippen LogP contribution in [0.4, 0.5) is 21.8 Å². The van der Waals surface area contributed by atoms with Gasteiger partial charge in [-0.05, 0) is 38.1 Å².